The second kappa shape index (κ2) is 7.36. The minimum absolute atomic E-state index is 0.0132. The lowest BCUT2D eigenvalue weighted by Gasteiger charge is -2.26. The molecular formula is C13H25N3O2. The lowest BCUT2D eigenvalue weighted by molar-refractivity contribution is -0.126. The van der Waals surface area contributed by atoms with Crippen LogP contribution < -0.4 is 16.0 Å². The van der Waals surface area contributed by atoms with Crippen LogP contribution in [0, 0.1) is 5.92 Å². The van der Waals surface area contributed by atoms with Crippen LogP contribution in [0.15, 0.2) is 0 Å². The average molecular weight is 255 g/mol. The van der Waals surface area contributed by atoms with Crippen LogP contribution in [-0.4, -0.2) is 37.0 Å². The highest BCUT2D eigenvalue weighted by Crippen LogP contribution is 2.13. The molecule has 1 aliphatic heterocycles. The summed E-state index contributed by atoms with van der Waals surface area (Å²) in [5.41, 5.74) is 0. The third-order valence-corrected chi connectivity index (χ3v) is 3.13. The molecule has 5 heteroatoms. The first-order valence-corrected chi connectivity index (χ1v) is 6.79. The molecule has 104 valence electrons. The maximum absolute atomic E-state index is 11.8. The Labute approximate surface area is 109 Å². The van der Waals surface area contributed by atoms with E-state index in [2.05, 4.69) is 22.9 Å². The minimum Gasteiger partial charge on any atom is -0.355 e. The Bertz CT molecular complexity index is 284. The second-order valence-corrected chi connectivity index (χ2v) is 5.35. The summed E-state index contributed by atoms with van der Waals surface area (Å²) in [5.74, 6) is 0.0989. The Kier molecular flexibility index (Phi) is 6.12. The maximum Gasteiger partial charge on any atom is 0.224 e. The van der Waals surface area contributed by atoms with Crippen molar-refractivity contribution in [3.8, 4) is 0 Å². The highest BCUT2D eigenvalue weighted by atomic mass is 16.2. The zero-order valence-corrected chi connectivity index (χ0v) is 11.6. The van der Waals surface area contributed by atoms with Gasteiger partial charge in [0, 0.05) is 31.6 Å². The number of amides is 2. The van der Waals surface area contributed by atoms with Gasteiger partial charge >= 0.3 is 0 Å². The molecule has 2 amide bonds. The van der Waals surface area contributed by atoms with Crippen molar-refractivity contribution in [2.24, 2.45) is 5.92 Å². The van der Waals surface area contributed by atoms with Gasteiger partial charge in [-0.05, 0) is 33.6 Å². The molecule has 1 rings (SSSR count). The molecule has 0 spiro atoms. The lowest BCUT2D eigenvalue weighted by Crippen LogP contribution is -2.44. The van der Waals surface area contributed by atoms with Crippen molar-refractivity contribution in [3.63, 3.8) is 0 Å². The number of hydrogen-bond acceptors (Lipinski definition) is 3. The summed E-state index contributed by atoms with van der Waals surface area (Å²) in [4.78, 5) is 23.2. The summed E-state index contributed by atoms with van der Waals surface area (Å²) in [6, 6.07) is 0.656. The van der Waals surface area contributed by atoms with Gasteiger partial charge in [-0.1, -0.05) is 0 Å². The van der Waals surface area contributed by atoms with Gasteiger partial charge < -0.3 is 16.0 Å². The highest BCUT2D eigenvalue weighted by Gasteiger charge is 2.23. The van der Waals surface area contributed by atoms with Gasteiger partial charge in [0.1, 0.15) is 0 Å². The number of hydrogen-bond donors (Lipinski definition) is 3. The number of rotatable bonds is 5. The number of piperidine rings is 1. The summed E-state index contributed by atoms with van der Waals surface area (Å²) in [6.07, 6.45) is 2.31. The van der Waals surface area contributed by atoms with Crippen LogP contribution in [0.25, 0.3) is 0 Å². The second-order valence-electron chi connectivity index (χ2n) is 5.35. The molecule has 2 atom stereocenters. The van der Waals surface area contributed by atoms with Crippen molar-refractivity contribution in [3.05, 3.63) is 0 Å². The Morgan fingerprint density at radius 3 is 2.61 bits per heavy atom. The molecule has 0 aromatic heterocycles. The van der Waals surface area contributed by atoms with Crippen LogP contribution >= 0.6 is 0 Å². The van der Waals surface area contributed by atoms with Crippen molar-refractivity contribution in [2.75, 3.05) is 13.1 Å². The quantitative estimate of drug-likeness (QED) is 0.666. The molecule has 1 heterocycles. The summed E-state index contributed by atoms with van der Waals surface area (Å²) >= 11 is 0. The molecule has 1 aliphatic rings. The van der Waals surface area contributed by atoms with E-state index in [1.807, 2.05) is 13.8 Å². The van der Waals surface area contributed by atoms with E-state index in [4.69, 9.17) is 0 Å². The molecule has 3 N–H and O–H groups in total. The normalized spacial score (nSPS) is 23.8. The SMILES string of the molecule is CC(C)NC(=O)CCNC(=O)C1CCC(C)NC1. The first kappa shape index (κ1) is 15.0. The summed E-state index contributed by atoms with van der Waals surface area (Å²) in [5, 5.41) is 8.93. The third kappa shape index (κ3) is 5.49. The molecule has 18 heavy (non-hydrogen) atoms. The van der Waals surface area contributed by atoms with Crippen LogP contribution in [-0.2, 0) is 9.59 Å². The van der Waals surface area contributed by atoms with Crippen LogP contribution in [0.4, 0.5) is 0 Å². The van der Waals surface area contributed by atoms with Gasteiger partial charge in [-0.25, -0.2) is 0 Å². The van der Waals surface area contributed by atoms with Gasteiger partial charge in [0.25, 0.3) is 0 Å². The summed E-state index contributed by atoms with van der Waals surface area (Å²) < 4.78 is 0. The molecule has 1 saturated heterocycles. The van der Waals surface area contributed by atoms with E-state index in [1.54, 1.807) is 0 Å². The molecule has 0 aliphatic carbocycles. The van der Waals surface area contributed by atoms with Gasteiger partial charge in [0.2, 0.25) is 11.8 Å². The molecule has 0 aromatic carbocycles. The molecule has 1 fully saturated rings. The van der Waals surface area contributed by atoms with Gasteiger partial charge in [0.05, 0.1) is 5.92 Å². The van der Waals surface area contributed by atoms with Crippen LogP contribution in [0.5, 0.6) is 0 Å². The lowest BCUT2D eigenvalue weighted by atomic mass is 9.95. The van der Waals surface area contributed by atoms with Crippen LogP contribution in [0.1, 0.15) is 40.0 Å². The molecule has 0 radical (unpaired) electrons. The number of carbonyl (C=O) groups excluding carboxylic acids is 2. The average Bonchev–Trinajstić information content (AvgIpc) is 2.28. The Hall–Kier alpha value is -1.10. The van der Waals surface area contributed by atoms with E-state index in [-0.39, 0.29) is 23.8 Å². The number of carbonyl (C=O) groups is 2. The molecule has 0 bridgehead atoms. The van der Waals surface area contributed by atoms with Crippen LogP contribution in [0.3, 0.4) is 0 Å². The number of nitrogens with one attached hydrogen (secondary N) is 3. The minimum atomic E-state index is -0.0132. The Morgan fingerprint density at radius 1 is 1.33 bits per heavy atom. The first-order chi connectivity index (χ1) is 8.49. The fraction of sp³-hybridized carbons (Fsp3) is 0.846. The zero-order chi connectivity index (χ0) is 13.5. The fourth-order valence-electron chi connectivity index (χ4n) is 2.06. The Morgan fingerprint density at radius 2 is 2.06 bits per heavy atom. The third-order valence-electron chi connectivity index (χ3n) is 3.13. The topological polar surface area (TPSA) is 70.2 Å². The van der Waals surface area contributed by atoms with E-state index in [9.17, 15) is 9.59 Å². The summed E-state index contributed by atoms with van der Waals surface area (Å²) in [6.45, 7) is 7.13. The largest absolute Gasteiger partial charge is 0.355 e. The van der Waals surface area contributed by atoms with Crippen molar-refractivity contribution < 1.29 is 9.59 Å². The highest BCUT2D eigenvalue weighted by molar-refractivity contribution is 5.80. The molecule has 5 nitrogen and oxygen atoms in total. The molecule has 2 unspecified atom stereocenters. The maximum atomic E-state index is 11.8. The first-order valence-electron chi connectivity index (χ1n) is 6.79. The summed E-state index contributed by atoms with van der Waals surface area (Å²) in [7, 11) is 0. The fourth-order valence-corrected chi connectivity index (χ4v) is 2.06. The predicted octanol–water partition coefficient (Wildman–Crippen LogP) is 0.405. The standard InChI is InChI=1S/C13H25N3O2/c1-9(2)16-12(17)6-7-14-13(18)11-5-4-10(3)15-8-11/h9-11,15H,4-8H2,1-3H3,(H,14,18)(H,16,17). The zero-order valence-electron chi connectivity index (χ0n) is 11.6. The predicted molar refractivity (Wildman–Crippen MR) is 71.1 cm³/mol. The van der Waals surface area contributed by atoms with E-state index in [0.717, 1.165) is 19.4 Å². The van der Waals surface area contributed by atoms with Crippen molar-refractivity contribution in [1.29, 1.82) is 0 Å². The van der Waals surface area contributed by atoms with Gasteiger partial charge in [0.15, 0.2) is 0 Å². The molecule has 0 aromatic rings. The van der Waals surface area contributed by atoms with Gasteiger partial charge in [-0.3, -0.25) is 9.59 Å². The molecule has 0 saturated carbocycles. The molecular weight excluding hydrogens is 230 g/mol. The van der Waals surface area contributed by atoms with Gasteiger partial charge in [-0.15, -0.1) is 0 Å². The van der Waals surface area contributed by atoms with E-state index in [1.165, 1.54) is 0 Å². The van der Waals surface area contributed by atoms with E-state index < -0.39 is 0 Å². The van der Waals surface area contributed by atoms with E-state index >= 15 is 0 Å². The monoisotopic (exact) mass is 255 g/mol. The van der Waals surface area contributed by atoms with Crippen molar-refractivity contribution >= 4 is 11.8 Å². The van der Waals surface area contributed by atoms with Crippen molar-refractivity contribution in [2.45, 2.75) is 52.1 Å². The Balaban J connectivity index is 2.15. The van der Waals surface area contributed by atoms with E-state index in [0.29, 0.717) is 19.0 Å². The van der Waals surface area contributed by atoms with Crippen molar-refractivity contribution in [1.82, 2.24) is 16.0 Å². The van der Waals surface area contributed by atoms with Gasteiger partial charge in [-0.2, -0.15) is 0 Å². The van der Waals surface area contributed by atoms with Crippen LogP contribution in [0.2, 0.25) is 0 Å². The smallest absolute Gasteiger partial charge is 0.224 e.